The molecule has 0 radical (unpaired) electrons. The van der Waals surface area contributed by atoms with Gasteiger partial charge in [-0.2, -0.15) is 0 Å². The summed E-state index contributed by atoms with van der Waals surface area (Å²) in [5.74, 6) is -2.89. The molecule has 2 unspecified atom stereocenters. The van der Waals surface area contributed by atoms with Crippen LogP contribution in [0.1, 0.15) is 100.0 Å². The van der Waals surface area contributed by atoms with Crippen LogP contribution in [0.15, 0.2) is 100 Å². The number of aromatic nitrogens is 2. The lowest BCUT2D eigenvalue weighted by atomic mass is 9.78. The van der Waals surface area contributed by atoms with E-state index in [-0.39, 0.29) is 73.3 Å². The predicted octanol–water partition coefficient (Wildman–Crippen LogP) is 6.88. The highest BCUT2D eigenvalue weighted by Gasteiger charge is 2.42. The van der Waals surface area contributed by atoms with Crippen molar-refractivity contribution in [3.05, 3.63) is 115 Å². The minimum atomic E-state index is -1.13. The number of aliphatic hydroxyl groups excluding tert-OH is 1. The standard InChI is InChI=1S/C47H58N2O14/c1-8-14-36(50)46(3,4)38-19-12-17-33-32(59-33)16-10-11-21-40-48-30(27-57-40)44(54)63-39(47(5,6)37(15-9-2)61-43(53)25-24-42(51)52)20-13-18-34-35(60-34)23-22-29(56-7)26-41-49-31(28-58-41)45(55)62-38/h8-18,21-23,27-29,32-39,50H,19-20,24-26H2,1-7H3,(H,51,52)/b14-8+,15-9+,16-10+,17-12-,18-13-,21-11-,23-22+/t29-,32-,33+,34?,35?,36-,37-,38-,39-/m0/s1. The van der Waals surface area contributed by atoms with Crippen molar-refractivity contribution < 1.29 is 66.6 Å². The van der Waals surface area contributed by atoms with Gasteiger partial charge in [0.15, 0.2) is 17.3 Å². The van der Waals surface area contributed by atoms with Crippen molar-refractivity contribution in [1.29, 1.82) is 0 Å². The number of cyclic esters (lactones) is 2. The second-order valence-electron chi connectivity index (χ2n) is 16.5. The fraction of sp³-hybridized carbons (Fsp3) is 0.489. The molecule has 3 aliphatic rings. The second-order valence-corrected chi connectivity index (χ2v) is 16.5. The molecule has 0 spiro atoms. The molecule has 2 N–H and O–H groups in total. The Morgan fingerprint density at radius 3 is 2.00 bits per heavy atom. The van der Waals surface area contributed by atoms with Gasteiger partial charge < -0.3 is 47.5 Å². The number of carboxylic acid groups (broad SMARTS) is 1. The summed E-state index contributed by atoms with van der Waals surface area (Å²) in [4.78, 5) is 59.5. The van der Waals surface area contributed by atoms with Crippen LogP contribution in [-0.2, 0) is 44.4 Å². The Balaban J connectivity index is 1.38. The van der Waals surface area contributed by atoms with E-state index in [9.17, 15) is 24.3 Å². The highest BCUT2D eigenvalue weighted by Crippen LogP contribution is 2.36. The minimum absolute atomic E-state index is 0.0187. The van der Waals surface area contributed by atoms with E-state index in [1.165, 1.54) is 19.6 Å². The zero-order chi connectivity index (χ0) is 45.7. The van der Waals surface area contributed by atoms with Gasteiger partial charge in [-0.15, -0.1) is 0 Å². The number of epoxide rings is 2. The van der Waals surface area contributed by atoms with E-state index in [0.717, 1.165) is 0 Å². The Hall–Kier alpha value is -5.68. The van der Waals surface area contributed by atoms with Crippen LogP contribution in [0, 0.1) is 10.8 Å². The zero-order valence-corrected chi connectivity index (χ0v) is 36.7. The van der Waals surface area contributed by atoms with Crippen LogP contribution >= 0.6 is 0 Å². The molecule has 2 aromatic heterocycles. The number of ether oxygens (including phenoxy) is 6. The van der Waals surface area contributed by atoms with Gasteiger partial charge in [0.25, 0.3) is 0 Å². The molecule has 2 aromatic rings. The van der Waals surface area contributed by atoms with Crippen molar-refractivity contribution in [3.8, 4) is 0 Å². The first kappa shape index (κ1) is 48.4. The Labute approximate surface area is 367 Å². The Morgan fingerprint density at radius 2 is 1.38 bits per heavy atom. The summed E-state index contributed by atoms with van der Waals surface area (Å²) in [6.07, 6.45) is 22.2. The van der Waals surface area contributed by atoms with Crippen molar-refractivity contribution in [2.45, 2.75) is 129 Å². The largest absolute Gasteiger partial charge is 0.481 e. The summed E-state index contributed by atoms with van der Waals surface area (Å²) in [5.41, 5.74) is -1.98. The first-order valence-electron chi connectivity index (χ1n) is 20.9. The summed E-state index contributed by atoms with van der Waals surface area (Å²) >= 11 is 0. The Kier molecular flexibility index (Phi) is 17.0. The number of methoxy groups -OCH3 is 1. The van der Waals surface area contributed by atoms with E-state index in [1.54, 1.807) is 70.2 Å². The van der Waals surface area contributed by atoms with Crippen LogP contribution in [0.2, 0.25) is 0 Å². The molecule has 0 aromatic carbocycles. The molecule has 16 nitrogen and oxygen atoms in total. The third-order valence-electron chi connectivity index (χ3n) is 11.0. The first-order valence-corrected chi connectivity index (χ1v) is 20.9. The quantitative estimate of drug-likeness (QED) is 0.102. The summed E-state index contributed by atoms with van der Waals surface area (Å²) in [5, 5.41) is 20.0. The van der Waals surface area contributed by atoms with Gasteiger partial charge in [-0.1, -0.05) is 101 Å². The highest BCUT2D eigenvalue weighted by molar-refractivity contribution is 5.87. The SMILES string of the molecule is C/C=C/[C@H](OC(=O)CCC(=O)O)C(C)(C)[C@@H]1C/C=C\C2OC2/C=C/[C@H](OC)Cc2nc(co2)C(=O)O[C@H](C(C)(C)[C@@H](O)/C=C/C)C/C=C\[C@H]2O[C@H]2/C=C/C=C\c2nc(co2)C(=O)O1. The number of carboxylic acids is 1. The average molecular weight is 875 g/mol. The number of hydrogen-bond acceptors (Lipinski definition) is 15. The van der Waals surface area contributed by atoms with E-state index in [0.29, 0.717) is 0 Å². The van der Waals surface area contributed by atoms with Crippen molar-refractivity contribution in [2.24, 2.45) is 10.8 Å². The van der Waals surface area contributed by atoms with E-state index >= 15 is 0 Å². The van der Waals surface area contributed by atoms with Crippen LogP contribution in [0.4, 0.5) is 0 Å². The number of esters is 3. The maximum Gasteiger partial charge on any atom is 0.360 e. The number of rotatable bonds is 11. The number of aliphatic hydroxyl groups is 1. The van der Waals surface area contributed by atoms with Gasteiger partial charge in [-0.25, -0.2) is 19.6 Å². The molecule has 5 rings (SSSR count). The molecule has 2 fully saturated rings. The fourth-order valence-electron chi connectivity index (χ4n) is 6.68. The van der Waals surface area contributed by atoms with Crippen LogP contribution in [0.5, 0.6) is 0 Å². The van der Waals surface area contributed by atoms with Crippen LogP contribution in [0.3, 0.4) is 0 Å². The molecule has 9 atom stereocenters. The predicted molar refractivity (Wildman–Crippen MR) is 228 cm³/mol. The molecule has 0 amide bonds. The Bertz CT molecular complexity index is 2100. The monoisotopic (exact) mass is 874 g/mol. The number of fused-ring (bicyclic) bond motifs is 6. The van der Waals surface area contributed by atoms with E-state index in [1.807, 2.05) is 56.4 Å². The molecule has 2 saturated heterocycles. The lowest BCUT2D eigenvalue weighted by Crippen LogP contribution is -2.44. The number of carbonyl (C=O) groups excluding carboxylic acids is 3. The van der Waals surface area contributed by atoms with E-state index in [4.69, 9.17) is 42.4 Å². The number of carbonyl (C=O) groups is 4. The lowest BCUT2D eigenvalue weighted by Gasteiger charge is -2.38. The topological polar surface area (TPSA) is 223 Å². The minimum Gasteiger partial charge on any atom is -0.481 e. The van der Waals surface area contributed by atoms with Crippen molar-refractivity contribution in [2.75, 3.05) is 7.11 Å². The maximum absolute atomic E-state index is 13.6. The van der Waals surface area contributed by atoms with E-state index < -0.39 is 71.6 Å². The highest BCUT2D eigenvalue weighted by atomic mass is 16.6. The molecule has 340 valence electrons. The molecule has 0 aliphatic carbocycles. The van der Waals surface area contributed by atoms with Gasteiger partial charge in [-0.3, -0.25) is 9.59 Å². The summed E-state index contributed by atoms with van der Waals surface area (Å²) in [7, 11) is 1.54. The maximum atomic E-state index is 13.6. The van der Waals surface area contributed by atoms with Crippen LogP contribution < -0.4 is 0 Å². The van der Waals surface area contributed by atoms with Gasteiger partial charge >= 0.3 is 23.9 Å². The number of oxazole rings is 2. The third kappa shape index (κ3) is 13.9. The van der Waals surface area contributed by atoms with Crippen molar-refractivity contribution in [1.82, 2.24) is 9.97 Å². The van der Waals surface area contributed by atoms with Gasteiger partial charge in [0.1, 0.15) is 55.3 Å². The summed E-state index contributed by atoms with van der Waals surface area (Å²) < 4.78 is 46.2. The van der Waals surface area contributed by atoms with Crippen LogP contribution in [0.25, 0.3) is 6.08 Å². The van der Waals surface area contributed by atoms with Crippen LogP contribution in [-0.4, -0.2) is 106 Å². The number of hydrogen-bond donors (Lipinski definition) is 2. The average Bonchev–Trinajstić information content (AvgIpc) is 4.04. The molecular formula is C47H58N2O14. The molecular weight excluding hydrogens is 817 g/mol. The number of aliphatic carboxylic acids is 1. The van der Waals surface area contributed by atoms with E-state index in [2.05, 4.69) is 9.97 Å². The van der Waals surface area contributed by atoms with Gasteiger partial charge in [0, 0.05) is 36.9 Å². The molecule has 5 heterocycles. The zero-order valence-electron chi connectivity index (χ0n) is 36.7. The van der Waals surface area contributed by atoms with Gasteiger partial charge in [-0.05, 0) is 19.9 Å². The molecule has 63 heavy (non-hydrogen) atoms. The van der Waals surface area contributed by atoms with Gasteiger partial charge in [0.2, 0.25) is 5.89 Å². The normalized spacial score (nSPS) is 28.6. The number of allylic oxidation sites excluding steroid dienone is 4. The fourth-order valence-corrected chi connectivity index (χ4v) is 6.68. The number of nitrogens with zero attached hydrogens (tertiary/aromatic N) is 2. The first-order chi connectivity index (χ1) is 30.0. The molecule has 3 aliphatic heterocycles. The van der Waals surface area contributed by atoms with Crippen molar-refractivity contribution >= 4 is 30.0 Å². The van der Waals surface area contributed by atoms with Gasteiger partial charge in [0.05, 0.1) is 31.5 Å². The Morgan fingerprint density at radius 1 is 0.794 bits per heavy atom. The van der Waals surface area contributed by atoms with Crippen molar-refractivity contribution in [3.63, 3.8) is 0 Å². The summed E-state index contributed by atoms with van der Waals surface area (Å²) in [6, 6.07) is 0. The lowest BCUT2D eigenvalue weighted by molar-refractivity contribution is -0.158. The second kappa shape index (κ2) is 22.1. The molecule has 16 heteroatoms. The third-order valence-corrected chi connectivity index (χ3v) is 11.0. The molecule has 0 saturated carbocycles. The molecule has 4 bridgehead atoms. The summed E-state index contributed by atoms with van der Waals surface area (Å²) in [6.45, 7) is 10.8. The smallest absolute Gasteiger partial charge is 0.360 e.